The van der Waals surface area contributed by atoms with Crippen molar-refractivity contribution >= 4 is 23.5 Å². The minimum absolute atomic E-state index is 0.127. The lowest BCUT2D eigenvalue weighted by atomic mass is 10.1. The van der Waals surface area contributed by atoms with E-state index in [0.29, 0.717) is 16.8 Å². The minimum Gasteiger partial charge on any atom is -0.455 e. The molecule has 0 saturated heterocycles. The van der Waals surface area contributed by atoms with Crippen molar-refractivity contribution in [2.45, 2.75) is 6.42 Å². The van der Waals surface area contributed by atoms with Gasteiger partial charge in [-0.2, -0.15) is 0 Å². The van der Waals surface area contributed by atoms with Crippen LogP contribution in [0.4, 0.5) is 10.1 Å². The van der Waals surface area contributed by atoms with Crippen LogP contribution in [0.25, 0.3) is 0 Å². The summed E-state index contributed by atoms with van der Waals surface area (Å²) in [4.78, 5) is 34.3. The third-order valence-corrected chi connectivity index (χ3v) is 3.05. The van der Waals surface area contributed by atoms with Gasteiger partial charge in [0.05, 0.1) is 6.42 Å². The van der Waals surface area contributed by atoms with E-state index in [1.54, 1.807) is 6.07 Å². The molecule has 0 radical (unpaired) electrons. The van der Waals surface area contributed by atoms with Gasteiger partial charge >= 0.3 is 5.97 Å². The summed E-state index contributed by atoms with van der Waals surface area (Å²) in [6, 6.07) is 11.5. The van der Waals surface area contributed by atoms with Gasteiger partial charge in [0.15, 0.2) is 6.61 Å². The average molecular weight is 330 g/mol. The number of carbonyl (C=O) groups excluding carboxylic acids is 3. The summed E-state index contributed by atoms with van der Waals surface area (Å²) in [6.07, 6.45) is -0.127. The Bertz CT molecular complexity index is 759. The highest BCUT2D eigenvalue weighted by atomic mass is 19.1. The molecule has 0 aliphatic rings. The second kappa shape index (κ2) is 7.87. The lowest BCUT2D eigenvalue weighted by Crippen LogP contribution is -2.21. The Balaban J connectivity index is 1.80. The molecule has 2 aromatic carbocycles. The van der Waals surface area contributed by atoms with Crippen molar-refractivity contribution in [2.24, 2.45) is 5.73 Å². The van der Waals surface area contributed by atoms with E-state index in [1.165, 1.54) is 42.5 Å². The molecule has 24 heavy (non-hydrogen) atoms. The number of halogens is 1. The summed E-state index contributed by atoms with van der Waals surface area (Å²) in [7, 11) is 0. The van der Waals surface area contributed by atoms with Crippen LogP contribution >= 0.6 is 0 Å². The Labute approximate surface area is 137 Å². The van der Waals surface area contributed by atoms with E-state index in [1.807, 2.05) is 0 Å². The molecule has 3 N–H and O–H groups in total. The van der Waals surface area contributed by atoms with Gasteiger partial charge in [0.2, 0.25) is 5.91 Å². The molecule has 0 bridgehead atoms. The number of rotatable bonds is 6. The van der Waals surface area contributed by atoms with Crippen molar-refractivity contribution in [3.63, 3.8) is 0 Å². The summed E-state index contributed by atoms with van der Waals surface area (Å²) in [5.74, 6) is -2.19. The Hall–Kier alpha value is -3.22. The van der Waals surface area contributed by atoms with Gasteiger partial charge < -0.3 is 15.8 Å². The SMILES string of the molecule is NC(=O)c1ccc(NC(=O)COC(=O)Cc2cccc(F)c2)cc1. The van der Waals surface area contributed by atoms with Gasteiger partial charge in [-0.3, -0.25) is 14.4 Å². The molecule has 0 spiro atoms. The van der Waals surface area contributed by atoms with Gasteiger partial charge in [-0.1, -0.05) is 12.1 Å². The molecule has 2 rings (SSSR count). The van der Waals surface area contributed by atoms with E-state index in [0.717, 1.165) is 0 Å². The third-order valence-electron chi connectivity index (χ3n) is 3.05. The van der Waals surface area contributed by atoms with E-state index in [-0.39, 0.29) is 6.42 Å². The van der Waals surface area contributed by atoms with Crippen LogP contribution in [0.5, 0.6) is 0 Å². The standard InChI is InChI=1S/C17H15FN2O4/c18-13-3-1-2-11(8-13)9-16(22)24-10-15(21)20-14-6-4-12(5-7-14)17(19)23/h1-8H,9-10H2,(H2,19,23)(H,20,21). The van der Waals surface area contributed by atoms with Crippen LogP contribution in [0.3, 0.4) is 0 Å². The fraction of sp³-hybridized carbons (Fsp3) is 0.118. The molecular weight excluding hydrogens is 315 g/mol. The highest BCUT2D eigenvalue weighted by Gasteiger charge is 2.10. The van der Waals surface area contributed by atoms with Crippen molar-refractivity contribution < 1.29 is 23.5 Å². The zero-order valence-electron chi connectivity index (χ0n) is 12.6. The predicted molar refractivity (Wildman–Crippen MR) is 84.7 cm³/mol. The van der Waals surface area contributed by atoms with Crippen molar-refractivity contribution in [3.05, 3.63) is 65.5 Å². The second-order valence-corrected chi connectivity index (χ2v) is 4.96. The molecule has 2 amide bonds. The van der Waals surface area contributed by atoms with E-state index < -0.39 is 30.2 Å². The Morgan fingerprint density at radius 1 is 1.08 bits per heavy atom. The molecule has 0 unspecified atom stereocenters. The van der Waals surface area contributed by atoms with Crippen LogP contribution in [-0.4, -0.2) is 24.4 Å². The molecule has 0 aliphatic heterocycles. The predicted octanol–water partition coefficient (Wildman–Crippen LogP) is 1.65. The number of hydrogen-bond acceptors (Lipinski definition) is 4. The fourth-order valence-electron chi connectivity index (χ4n) is 1.93. The van der Waals surface area contributed by atoms with Gasteiger partial charge in [-0.15, -0.1) is 0 Å². The van der Waals surface area contributed by atoms with Gasteiger partial charge in [-0.05, 0) is 42.0 Å². The first kappa shape index (κ1) is 17.1. The largest absolute Gasteiger partial charge is 0.455 e. The van der Waals surface area contributed by atoms with E-state index in [4.69, 9.17) is 10.5 Å². The molecule has 0 fully saturated rings. The maximum absolute atomic E-state index is 13.0. The number of carbonyl (C=O) groups is 3. The molecule has 0 aliphatic carbocycles. The quantitative estimate of drug-likeness (QED) is 0.787. The maximum atomic E-state index is 13.0. The lowest BCUT2D eigenvalue weighted by molar-refractivity contribution is -0.146. The van der Waals surface area contributed by atoms with E-state index >= 15 is 0 Å². The molecule has 6 nitrogen and oxygen atoms in total. The number of hydrogen-bond donors (Lipinski definition) is 2. The molecule has 0 heterocycles. The minimum atomic E-state index is -0.639. The van der Waals surface area contributed by atoms with Crippen molar-refractivity contribution in [1.82, 2.24) is 0 Å². The van der Waals surface area contributed by atoms with Gasteiger partial charge in [0.1, 0.15) is 5.82 Å². The van der Waals surface area contributed by atoms with Gasteiger partial charge in [0.25, 0.3) is 5.91 Å². The normalized spacial score (nSPS) is 10.0. The Kier molecular flexibility index (Phi) is 5.62. The van der Waals surface area contributed by atoms with Crippen LogP contribution in [0, 0.1) is 5.82 Å². The number of nitrogens with one attached hydrogen (secondary N) is 1. The summed E-state index contributed by atoms with van der Waals surface area (Å²) >= 11 is 0. The first-order valence-corrected chi connectivity index (χ1v) is 7.04. The van der Waals surface area contributed by atoms with Crippen LogP contribution in [0.2, 0.25) is 0 Å². The molecule has 0 aromatic heterocycles. The second-order valence-electron chi connectivity index (χ2n) is 4.96. The van der Waals surface area contributed by atoms with Crippen LogP contribution in [-0.2, 0) is 20.7 Å². The van der Waals surface area contributed by atoms with Crippen LogP contribution < -0.4 is 11.1 Å². The first-order chi connectivity index (χ1) is 11.4. The van der Waals surface area contributed by atoms with Gasteiger partial charge in [0, 0.05) is 11.3 Å². The zero-order valence-corrected chi connectivity index (χ0v) is 12.6. The smallest absolute Gasteiger partial charge is 0.310 e. The number of ether oxygens (including phenoxy) is 1. The first-order valence-electron chi connectivity index (χ1n) is 7.04. The molecule has 0 atom stereocenters. The molecule has 124 valence electrons. The number of benzene rings is 2. The highest BCUT2D eigenvalue weighted by Crippen LogP contribution is 2.09. The van der Waals surface area contributed by atoms with Crippen LogP contribution in [0.15, 0.2) is 48.5 Å². The summed E-state index contributed by atoms with van der Waals surface area (Å²) < 4.78 is 17.8. The summed E-state index contributed by atoms with van der Waals surface area (Å²) in [5.41, 5.74) is 6.32. The fourth-order valence-corrected chi connectivity index (χ4v) is 1.93. The monoisotopic (exact) mass is 330 g/mol. The average Bonchev–Trinajstić information content (AvgIpc) is 2.53. The van der Waals surface area contributed by atoms with Crippen molar-refractivity contribution in [2.75, 3.05) is 11.9 Å². The molecule has 0 saturated carbocycles. The Morgan fingerprint density at radius 3 is 2.42 bits per heavy atom. The van der Waals surface area contributed by atoms with E-state index in [2.05, 4.69) is 5.32 Å². The van der Waals surface area contributed by atoms with Crippen molar-refractivity contribution in [1.29, 1.82) is 0 Å². The summed E-state index contributed by atoms with van der Waals surface area (Å²) in [5, 5.41) is 2.51. The topological polar surface area (TPSA) is 98.5 Å². The molecular formula is C17H15FN2O4. The number of anilines is 1. The number of esters is 1. The number of amides is 2. The maximum Gasteiger partial charge on any atom is 0.310 e. The third kappa shape index (κ3) is 5.20. The molecule has 2 aromatic rings. The zero-order chi connectivity index (χ0) is 17.5. The Morgan fingerprint density at radius 2 is 1.79 bits per heavy atom. The number of nitrogens with two attached hydrogens (primary N) is 1. The molecule has 7 heteroatoms. The van der Waals surface area contributed by atoms with Crippen LogP contribution in [0.1, 0.15) is 15.9 Å². The summed E-state index contributed by atoms with van der Waals surface area (Å²) in [6.45, 7) is -0.467. The number of primary amides is 1. The van der Waals surface area contributed by atoms with E-state index in [9.17, 15) is 18.8 Å². The van der Waals surface area contributed by atoms with Gasteiger partial charge in [-0.25, -0.2) is 4.39 Å². The lowest BCUT2D eigenvalue weighted by Gasteiger charge is -2.07. The van der Waals surface area contributed by atoms with Crippen molar-refractivity contribution in [3.8, 4) is 0 Å². The highest BCUT2D eigenvalue weighted by molar-refractivity contribution is 5.95.